The number of rotatable bonds is 2. The molecular formula is C20H13FN4O. The predicted molar refractivity (Wildman–Crippen MR) is 95.8 cm³/mol. The second-order valence-electron chi connectivity index (χ2n) is 5.80. The van der Waals surface area contributed by atoms with Crippen LogP contribution in [0.4, 0.5) is 4.39 Å². The van der Waals surface area contributed by atoms with E-state index in [0.717, 1.165) is 0 Å². The first-order valence-electron chi connectivity index (χ1n) is 7.87. The molecule has 1 aromatic heterocycles. The lowest BCUT2D eigenvalue weighted by Gasteiger charge is -2.12. The van der Waals surface area contributed by atoms with E-state index >= 15 is 0 Å². The van der Waals surface area contributed by atoms with Crippen molar-refractivity contribution in [3.05, 3.63) is 82.7 Å². The molecule has 0 saturated carbocycles. The number of aromatic nitrogens is 2. The first-order valence-corrected chi connectivity index (χ1v) is 7.87. The van der Waals surface area contributed by atoms with Crippen LogP contribution in [0.25, 0.3) is 5.69 Å². The molecule has 2 aromatic carbocycles. The smallest absolute Gasteiger partial charge is 0.269 e. The number of nitrogens with zero attached hydrogens (tertiary/aromatic N) is 3. The normalized spacial score (nSPS) is 12.4. The number of nitrogens with two attached hydrogens (primary N) is 1. The van der Waals surface area contributed by atoms with Crippen LogP contribution in [-0.4, -0.2) is 21.2 Å². The van der Waals surface area contributed by atoms with Gasteiger partial charge < -0.3 is 5.73 Å². The molecule has 1 aliphatic heterocycles. The van der Waals surface area contributed by atoms with Crippen molar-refractivity contribution >= 4 is 11.6 Å². The third-order valence-electron chi connectivity index (χ3n) is 4.29. The Morgan fingerprint density at radius 1 is 1.23 bits per heavy atom. The Morgan fingerprint density at radius 2 is 2.04 bits per heavy atom. The summed E-state index contributed by atoms with van der Waals surface area (Å²) in [5.74, 6) is 1.56. The van der Waals surface area contributed by atoms with Gasteiger partial charge in [-0.25, -0.2) is 9.37 Å². The molecule has 26 heavy (non-hydrogen) atoms. The number of hydrogen-bond donors (Lipinski definition) is 1. The molecule has 0 atom stereocenters. The zero-order valence-corrected chi connectivity index (χ0v) is 13.6. The van der Waals surface area contributed by atoms with E-state index in [9.17, 15) is 9.18 Å². The number of primary amides is 1. The van der Waals surface area contributed by atoms with E-state index < -0.39 is 5.91 Å². The minimum Gasteiger partial charge on any atom is -0.364 e. The minimum absolute atomic E-state index is 0.141. The van der Waals surface area contributed by atoms with Crippen molar-refractivity contribution in [2.45, 2.75) is 6.54 Å². The zero-order chi connectivity index (χ0) is 18.3. The molecule has 4 rings (SSSR count). The number of amides is 1. The molecular weight excluding hydrogens is 331 g/mol. The monoisotopic (exact) mass is 344 g/mol. The van der Waals surface area contributed by atoms with Gasteiger partial charge in [-0.2, -0.15) is 0 Å². The average Bonchev–Trinajstić information content (AvgIpc) is 3.00. The van der Waals surface area contributed by atoms with E-state index in [0.29, 0.717) is 33.8 Å². The Morgan fingerprint density at radius 3 is 2.77 bits per heavy atom. The molecule has 3 aromatic rings. The largest absolute Gasteiger partial charge is 0.364 e. The van der Waals surface area contributed by atoms with Crippen molar-refractivity contribution in [3.63, 3.8) is 0 Å². The first-order chi connectivity index (χ1) is 12.6. The van der Waals surface area contributed by atoms with E-state index in [1.54, 1.807) is 34.9 Å². The second kappa shape index (κ2) is 5.97. The average molecular weight is 344 g/mol. The van der Waals surface area contributed by atoms with Crippen molar-refractivity contribution in [2.75, 3.05) is 0 Å². The van der Waals surface area contributed by atoms with Crippen LogP contribution in [0.2, 0.25) is 0 Å². The van der Waals surface area contributed by atoms with Crippen LogP contribution in [0.15, 0.2) is 53.8 Å². The van der Waals surface area contributed by atoms with Gasteiger partial charge in [0.15, 0.2) is 5.69 Å². The molecule has 1 amide bonds. The van der Waals surface area contributed by atoms with E-state index in [2.05, 4.69) is 15.9 Å². The molecule has 2 N–H and O–H groups in total. The topological polar surface area (TPSA) is 73.3 Å². The lowest BCUT2D eigenvalue weighted by molar-refractivity contribution is 0.0995. The van der Waals surface area contributed by atoms with E-state index in [1.165, 1.54) is 12.4 Å². The SMILES string of the molecule is C#Cc1ccc2c(c1)C(c1ccccc1F)=NCc1c(C(N)=O)ncn1-2. The molecule has 6 heteroatoms. The number of aliphatic imine (C=N–C) groups is 1. The fourth-order valence-corrected chi connectivity index (χ4v) is 3.09. The minimum atomic E-state index is -0.634. The van der Waals surface area contributed by atoms with Gasteiger partial charge in [0.1, 0.15) is 12.1 Å². The van der Waals surface area contributed by atoms with Gasteiger partial charge in [-0.15, -0.1) is 6.42 Å². The highest BCUT2D eigenvalue weighted by Gasteiger charge is 2.24. The van der Waals surface area contributed by atoms with Gasteiger partial charge in [-0.1, -0.05) is 18.1 Å². The molecule has 0 radical (unpaired) electrons. The molecule has 5 nitrogen and oxygen atoms in total. The van der Waals surface area contributed by atoms with Gasteiger partial charge in [-0.3, -0.25) is 14.4 Å². The highest BCUT2D eigenvalue weighted by molar-refractivity contribution is 6.15. The van der Waals surface area contributed by atoms with Crippen LogP contribution >= 0.6 is 0 Å². The molecule has 0 unspecified atom stereocenters. The number of carbonyl (C=O) groups excluding carboxylic acids is 1. The second-order valence-corrected chi connectivity index (χ2v) is 5.80. The molecule has 2 heterocycles. The first kappa shape index (κ1) is 15.8. The number of fused-ring (bicyclic) bond motifs is 3. The molecule has 0 fully saturated rings. The number of benzene rings is 2. The Balaban J connectivity index is 2.03. The lowest BCUT2D eigenvalue weighted by Crippen LogP contribution is -2.14. The van der Waals surface area contributed by atoms with Crippen LogP contribution in [0.5, 0.6) is 0 Å². The maximum Gasteiger partial charge on any atom is 0.269 e. The van der Waals surface area contributed by atoms with Gasteiger partial charge in [0.2, 0.25) is 0 Å². The van der Waals surface area contributed by atoms with Crippen LogP contribution in [0, 0.1) is 18.2 Å². The summed E-state index contributed by atoms with van der Waals surface area (Å²) in [6.45, 7) is 0.141. The molecule has 1 aliphatic rings. The van der Waals surface area contributed by atoms with Crippen LogP contribution in [0.3, 0.4) is 0 Å². The predicted octanol–water partition coefficient (Wildman–Crippen LogP) is 2.44. The fraction of sp³-hybridized carbons (Fsp3) is 0.0500. The Hall–Kier alpha value is -3.72. The quantitative estimate of drug-likeness (QED) is 0.725. The summed E-state index contributed by atoms with van der Waals surface area (Å²) in [4.78, 5) is 20.3. The van der Waals surface area contributed by atoms with Crippen LogP contribution < -0.4 is 5.73 Å². The van der Waals surface area contributed by atoms with Crippen molar-refractivity contribution in [3.8, 4) is 18.0 Å². The summed E-state index contributed by atoms with van der Waals surface area (Å²) in [5.41, 5.74) is 8.97. The standard InChI is InChI=1S/C20H13FN4O/c1-2-12-7-8-16-14(9-12)18(13-5-3-4-6-15(13)21)23-10-17-19(20(22)26)24-11-25(16)17/h1,3-9,11H,10H2,(H2,22,26). The highest BCUT2D eigenvalue weighted by atomic mass is 19.1. The summed E-state index contributed by atoms with van der Waals surface area (Å²) in [6, 6.07) is 11.8. The Labute approximate surface area is 149 Å². The maximum atomic E-state index is 14.4. The van der Waals surface area contributed by atoms with Crippen molar-refractivity contribution < 1.29 is 9.18 Å². The van der Waals surface area contributed by atoms with Gasteiger partial charge in [0.05, 0.1) is 23.6 Å². The van der Waals surface area contributed by atoms with Crippen LogP contribution in [-0.2, 0) is 6.54 Å². The highest BCUT2D eigenvalue weighted by Crippen LogP contribution is 2.28. The fourth-order valence-electron chi connectivity index (χ4n) is 3.09. The Bertz CT molecular complexity index is 1120. The molecule has 0 saturated heterocycles. The molecule has 0 bridgehead atoms. The number of hydrogen-bond acceptors (Lipinski definition) is 3. The number of carbonyl (C=O) groups is 1. The molecule has 0 aliphatic carbocycles. The third-order valence-corrected chi connectivity index (χ3v) is 4.29. The number of imidazole rings is 1. The summed E-state index contributed by atoms with van der Waals surface area (Å²) in [5, 5.41) is 0. The van der Waals surface area contributed by atoms with E-state index in [-0.39, 0.29) is 18.1 Å². The maximum absolute atomic E-state index is 14.4. The van der Waals surface area contributed by atoms with Gasteiger partial charge in [0, 0.05) is 16.7 Å². The molecule has 0 spiro atoms. The van der Waals surface area contributed by atoms with E-state index in [1.807, 2.05) is 6.07 Å². The Kier molecular flexibility index (Phi) is 3.63. The summed E-state index contributed by atoms with van der Waals surface area (Å²) in [7, 11) is 0. The van der Waals surface area contributed by atoms with Gasteiger partial charge >= 0.3 is 0 Å². The third kappa shape index (κ3) is 2.38. The molecule has 126 valence electrons. The van der Waals surface area contributed by atoms with Crippen molar-refractivity contribution in [2.24, 2.45) is 10.7 Å². The van der Waals surface area contributed by atoms with Crippen molar-refractivity contribution in [1.82, 2.24) is 9.55 Å². The zero-order valence-electron chi connectivity index (χ0n) is 13.6. The van der Waals surface area contributed by atoms with E-state index in [4.69, 9.17) is 12.2 Å². The van der Waals surface area contributed by atoms with Crippen molar-refractivity contribution in [1.29, 1.82) is 0 Å². The summed E-state index contributed by atoms with van der Waals surface area (Å²) >= 11 is 0. The van der Waals surface area contributed by atoms with Gasteiger partial charge in [0.25, 0.3) is 5.91 Å². The summed E-state index contributed by atoms with van der Waals surface area (Å²) in [6.07, 6.45) is 7.05. The summed E-state index contributed by atoms with van der Waals surface area (Å²) < 4.78 is 16.2. The number of terminal acetylenes is 1. The van der Waals surface area contributed by atoms with Crippen LogP contribution in [0.1, 0.15) is 32.9 Å². The number of halogens is 1. The lowest BCUT2D eigenvalue weighted by atomic mass is 9.98. The van der Waals surface area contributed by atoms with Gasteiger partial charge in [-0.05, 0) is 30.3 Å².